The van der Waals surface area contributed by atoms with Crippen molar-refractivity contribution in [2.24, 2.45) is 0 Å². The summed E-state index contributed by atoms with van der Waals surface area (Å²) < 4.78 is 2.12. The molecule has 9 heteroatoms. The van der Waals surface area contributed by atoms with Crippen LogP contribution in [0.3, 0.4) is 0 Å². The fraction of sp³-hybridized carbons (Fsp3) is 0.391. The van der Waals surface area contributed by atoms with Crippen LogP contribution in [0.2, 0.25) is 0 Å². The van der Waals surface area contributed by atoms with Crippen LogP contribution in [0.25, 0.3) is 28.5 Å². The average molecular weight is 428 g/mol. The number of fused-ring (bicyclic) bond motifs is 3. The molecule has 0 bridgehead atoms. The molecular formula is C23H25N9. The molecule has 1 atom stereocenters. The molecule has 0 radical (unpaired) electrons. The van der Waals surface area contributed by atoms with Crippen molar-refractivity contribution in [3.05, 3.63) is 48.4 Å². The lowest BCUT2D eigenvalue weighted by molar-refractivity contribution is 0.468. The van der Waals surface area contributed by atoms with Crippen molar-refractivity contribution < 1.29 is 0 Å². The number of aryl methyl sites for hydroxylation is 1. The van der Waals surface area contributed by atoms with E-state index in [1.165, 1.54) is 25.7 Å². The number of aromatic nitrogens is 8. The van der Waals surface area contributed by atoms with Crippen molar-refractivity contribution in [3.63, 3.8) is 0 Å². The highest BCUT2D eigenvalue weighted by molar-refractivity contribution is 5.76. The third kappa shape index (κ3) is 2.84. The number of nitrogens with zero attached hydrogens (tertiary/aromatic N) is 8. The molecule has 0 saturated heterocycles. The van der Waals surface area contributed by atoms with Gasteiger partial charge in [0.1, 0.15) is 11.5 Å². The highest BCUT2D eigenvalue weighted by atomic mass is 15.4. The van der Waals surface area contributed by atoms with Gasteiger partial charge in [0.15, 0.2) is 17.5 Å². The quantitative estimate of drug-likeness (QED) is 0.525. The van der Waals surface area contributed by atoms with E-state index >= 15 is 0 Å². The van der Waals surface area contributed by atoms with E-state index in [-0.39, 0.29) is 6.04 Å². The largest absolute Gasteiger partial charge is 0.342 e. The number of anilines is 1. The lowest BCUT2D eigenvalue weighted by atomic mass is 10.0. The molecule has 4 aromatic heterocycles. The van der Waals surface area contributed by atoms with Gasteiger partial charge < -0.3 is 4.90 Å². The van der Waals surface area contributed by atoms with Crippen molar-refractivity contribution in [3.8, 4) is 28.5 Å². The summed E-state index contributed by atoms with van der Waals surface area (Å²) >= 11 is 0. The summed E-state index contributed by atoms with van der Waals surface area (Å²) in [5.74, 6) is 3.44. The van der Waals surface area contributed by atoms with Crippen LogP contribution in [0.1, 0.15) is 56.7 Å². The van der Waals surface area contributed by atoms with Crippen molar-refractivity contribution in [1.29, 1.82) is 0 Å². The summed E-state index contributed by atoms with van der Waals surface area (Å²) in [6, 6.07) is 6.42. The third-order valence-corrected chi connectivity index (χ3v) is 6.63. The molecule has 0 spiro atoms. The molecule has 1 fully saturated rings. The second-order valence-electron chi connectivity index (χ2n) is 8.49. The van der Waals surface area contributed by atoms with Crippen molar-refractivity contribution in [1.82, 2.24) is 39.9 Å². The fourth-order valence-electron chi connectivity index (χ4n) is 5.16. The minimum absolute atomic E-state index is 0.147. The van der Waals surface area contributed by atoms with E-state index in [0.29, 0.717) is 11.9 Å². The summed E-state index contributed by atoms with van der Waals surface area (Å²) in [5, 5.41) is 16.3. The Morgan fingerprint density at radius 2 is 1.97 bits per heavy atom. The molecule has 6 rings (SSSR count). The summed E-state index contributed by atoms with van der Waals surface area (Å²) in [7, 11) is 0. The molecule has 1 unspecified atom stereocenters. The molecule has 1 N–H and O–H groups in total. The Kier molecular flexibility index (Phi) is 4.48. The average Bonchev–Trinajstić information content (AvgIpc) is 3.60. The maximum atomic E-state index is 5.14. The zero-order chi connectivity index (χ0) is 21.7. The van der Waals surface area contributed by atoms with E-state index < -0.39 is 0 Å². The molecule has 162 valence electrons. The number of pyridine rings is 1. The first kappa shape index (κ1) is 19.1. The SMILES string of the molecule is CCC1c2nnc(C)n2-c2cnc(-c3cn[nH]c3-c3ccccn3)nc2N1C1CCCC1. The topological polar surface area (TPSA) is 101 Å². The monoisotopic (exact) mass is 427 g/mol. The molecule has 4 aromatic rings. The minimum atomic E-state index is 0.147. The van der Waals surface area contributed by atoms with Crippen LogP contribution in [0.4, 0.5) is 5.82 Å². The van der Waals surface area contributed by atoms with E-state index in [9.17, 15) is 0 Å². The smallest absolute Gasteiger partial charge is 0.165 e. The van der Waals surface area contributed by atoms with Gasteiger partial charge >= 0.3 is 0 Å². The van der Waals surface area contributed by atoms with Gasteiger partial charge in [-0.05, 0) is 38.3 Å². The number of hydrogen-bond donors (Lipinski definition) is 1. The Morgan fingerprint density at radius 1 is 1.09 bits per heavy atom. The molecule has 5 heterocycles. The van der Waals surface area contributed by atoms with Gasteiger partial charge in [-0.1, -0.05) is 25.8 Å². The maximum absolute atomic E-state index is 5.14. The first-order valence-electron chi connectivity index (χ1n) is 11.3. The fourth-order valence-corrected chi connectivity index (χ4v) is 5.16. The standard InChI is InChI=1S/C23H25N9/c1-3-18-23-30-28-14(2)31(23)19-13-25-21(27-22(19)32(18)15-8-4-5-9-15)16-12-26-29-20(16)17-10-6-7-11-24-17/h6-7,10-13,15,18H,3-5,8-9H2,1-2H3,(H,26,29). The van der Waals surface area contributed by atoms with Gasteiger partial charge in [-0.3, -0.25) is 14.6 Å². The van der Waals surface area contributed by atoms with Crippen LogP contribution in [-0.2, 0) is 0 Å². The summed E-state index contributed by atoms with van der Waals surface area (Å²) in [5.41, 5.74) is 3.43. The predicted octanol–water partition coefficient (Wildman–Crippen LogP) is 4.03. The van der Waals surface area contributed by atoms with E-state index in [0.717, 1.165) is 46.5 Å². The third-order valence-electron chi connectivity index (χ3n) is 6.63. The van der Waals surface area contributed by atoms with E-state index in [2.05, 4.69) is 41.8 Å². The lowest BCUT2D eigenvalue weighted by Crippen LogP contribution is -2.42. The number of aromatic amines is 1. The molecule has 1 saturated carbocycles. The van der Waals surface area contributed by atoms with Crippen molar-refractivity contribution in [2.45, 2.75) is 58.0 Å². The molecule has 9 nitrogen and oxygen atoms in total. The Balaban J connectivity index is 1.53. The second-order valence-corrected chi connectivity index (χ2v) is 8.49. The Labute approximate surface area is 186 Å². The van der Waals surface area contributed by atoms with Gasteiger partial charge in [-0.15, -0.1) is 10.2 Å². The summed E-state index contributed by atoms with van der Waals surface area (Å²) in [4.78, 5) is 16.8. The Bertz CT molecular complexity index is 1250. The number of rotatable bonds is 4. The zero-order valence-electron chi connectivity index (χ0n) is 18.2. The second kappa shape index (κ2) is 7.51. The molecule has 2 aliphatic rings. The van der Waals surface area contributed by atoms with E-state index in [1.807, 2.05) is 31.3 Å². The van der Waals surface area contributed by atoms with Crippen LogP contribution in [0.15, 0.2) is 36.8 Å². The molecule has 32 heavy (non-hydrogen) atoms. The van der Waals surface area contributed by atoms with E-state index in [4.69, 9.17) is 9.97 Å². The summed E-state index contributed by atoms with van der Waals surface area (Å²) in [6.45, 7) is 4.20. The first-order valence-corrected chi connectivity index (χ1v) is 11.3. The van der Waals surface area contributed by atoms with Crippen LogP contribution in [0, 0.1) is 6.92 Å². The summed E-state index contributed by atoms with van der Waals surface area (Å²) in [6.07, 6.45) is 11.3. The van der Waals surface area contributed by atoms with Gasteiger partial charge in [0, 0.05) is 12.2 Å². The molecular weight excluding hydrogens is 402 g/mol. The van der Waals surface area contributed by atoms with Crippen LogP contribution >= 0.6 is 0 Å². The zero-order valence-corrected chi connectivity index (χ0v) is 18.2. The van der Waals surface area contributed by atoms with Crippen LogP contribution in [0.5, 0.6) is 0 Å². The van der Waals surface area contributed by atoms with Gasteiger partial charge in [0.05, 0.1) is 35.4 Å². The Hall–Kier alpha value is -3.62. The van der Waals surface area contributed by atoms with Crippen LogP contribution in [-0.4, -0.2) is 46.0 Å². The van der Waals surface area contributed by atoms with Gasteiger partial charge in [0.25, 0.3) is 0 Å². The molecule has 1 aliphatic carbocycles. The van der Waals surface area contributed by atoms with Gasteiger partial charge in [0.2, 0.25) is 0 Å². The lowest BCUT2D eigenvalue weighted by Gasteiger charge is -2.41. The van der Waals surface area contributed by atoms with Gasteiger partial charge in [-0.25, -0.2) is 9.97 Å². The Morgan fingerprint density at radius 3 is 2.75 bits per heavy atom. The molecule has 0 amide bonds. The number of nitrogens with one attached hydrogen (secondary N) is 1. The number of H-pyrrole nitrogens is 1. The predicted molar refractivity (Wildman–Crippen MR) is 120 cm³/mol. The first-order chi connectivity index (χ1) is 15.8. The van der Waals surface area contributed by atoms with Crippen LogP contribution < -0.4 is 4.90 Å². The molecule has 1 aliphatic heterocycles. The minimum Gasteiger partial charge on any atom is -0.342 e. The maximum Gasteiger partial charge on any atom is 0.165 e. The highest BCUT2D eigenvalue weighted by Gasteiger charge is 2.39. The van der Waals surface area contributed by atoms with Crippen molar-refractivity contribution in [2.75, 3.05) is 4.90 Å². The van der Waals surface area contributed by atoms with E-state index in [1.54, 1.807) is 12.4 Å². The number of hydrogen-bond acceptors (Lipinski definition) is 7. The molecule has 0 aromatic carbocycles. The highest BCUT2D eigenvalue weighted by Crippen LogP contribution is 2.43. The van der Waals surface area contributed by atoms with Gasteiger partial charge in [-0.2, -0.15) is 5.10 Å². The normalized spacial score (nSPS) is 18.1. The van der Waals surface area contributed by atoms with Crippen molar-refractivity contribution >= 4 is 5.82 Å².